The van der Waals surface area contributed by atoms with Gasteiger partial charge in [-0.05, 0) is 60.2 Å². The van der Waals surface area contributed by atoms with Crippen molar-refractivity contribution in [2.75, 3.05) is 0 Å². The second-order valence-electron chi connectivity index (χ2n) is 6.32. The molecule has 2 aromatic carbocycles. The first kappa shape index (κ1) is 15.6. The number of aromatic nitrogens is 5. The van der Waals surface area contributed by atoms with Crippen molar-refractivity contribution in [1.29, 1.82) is 0 Å². The van der Waals surface area contributed by atoms with Gasteiger partial charge in [0.15, 0.2) is 5.65 Å². The monoisotopic (exact) mass is 355 g/mol. The Morgan fingerprint density at radius 2 is 1.74 bits per heavy atom. The highest BCUT2D eigenvalue weighted by atomic mass is 19.1. The summed E-state index contributed by atoms with van der Waals surface area (Å²) in [6, 6.07) is 20.1. The fourth-order valence-corrected chi connectivity index (χ4v) is 3.14. The number of benzene rings is 2. The van der Waals surface area contributed by atoms with Crippen LogP contribution < -0.4 is 0 Å². The van der Waals surface area contributed by atoms with E-state index in [1.165, 1.54) is 12.1 Å². The van der Waals surface area contributed by atoms with E-state index in [-0.39, 0.29) is 5.82 Å². The van der Waals surface area contributed by atoms with E-state index in [2.05, 4.69) is 21.4 Å². The summed E-state index contributed by atoms with van der Waals surface area (Å²) in [7, 11) is 0. The van der Waals surface area contributed by atoms with Crippen molar-refractivity contribution in [3.05, 3.63) is 84.3 Å². The van der Waals surface area contributed by atoms with Crippen LogP contribution in [0.4, 0.5) is 4.39 Å². The van der Waals surface area contributed by atoms with Crippen LogP contribution in [0.5, 0.6) is 0 Å². The minimum Gasteiger partial charge on any atom is -0.256 e. The van der Waals surface area contributed by atoms with Crippen molar-refractivity contribution >= 4 is 22.1 Å². The van der Waals surface area contributed by atoms with Crippen molar-refractivity contribution in [2.24, 2.45) is 0 Å². The van der Waals surface area contributed by atoms with Crippen molar-refractivity contribution in [2.45, 2.75) is 6.54 Å². The summed E-state index contributed by atoms with van der Waals surface area (Å²) >= 11 is 0. The fraction of sp³-hybridized carbons (Fsp3) is 0.0476. The van der Waals surface area contributed by atoms with Crippen LogP contribution in [0.1, 0.15) is 5.56 Å². The molecule has 0 saturated carbocycles. The van der Waals surface area contributed by atoms with Gasteiger partial charge in [0.25, 0.3) is 0 Å². The maximum absolute atomic E-state index is 13.2. The first-order chi connectivity index (χ1) is 13.3. The zero-order valence-corrected chi connectivity index (χ0v) is 14.2. The number of nitrogens with zero attached hydrogens (tertiary/aromatic N) is 5. The molecule has 0 spiro atoms. The Morgan fingerprint density at radius 1 is 0.889 bits per heavy atom. The second kappa shape index (κ2) is 6.25. The van der Waals surface area contributed by atoms with Crippen molar-refractivity contribution < 1.29 is 4.39 Å². The Hall–Kier alpha value is -3.67. The summed E-state index contributed by atoms with van der Waals surface area (Å²) < 4.78 is 15.0. The lowest BCUT2D eigenvalue weighted by atomic mass is 10.1. The van der Waals surface area contributed by atoms with Gasteiger partial charge in [0.1, 0.15) is 11.3 Å². The number of pyridine rings is 2. The molecule has 3 aromatic heterocycles. The molecule has 5 nitrogen and oxygen atoms in total. The molecule has 0 amide bonds. The third-order valence-corrected chi connectivity index (χ3v) is 4.50. The largest absolute Gasteiger partial charge is 0.256 e. The molecule has 5 aromatic rings. The Morgan fingerprint density at radius 3 is 2.63 bits per heavy atom. The first-order valence-corrected chi connectivity index (χ1v) is 8.56. The van der Waals surface area contributed by atoms with E-state index in [0.29, 0.717) is 12.2 Å². The molecule has 0 aliphatic rings. The van der Waals surface area contributed by atoms with Crippen LogP contribution in [0.25, 0.3) is 33.3 Å². The van der Waals surface area contributed by atoms with Crippen molar-refractivity contribution in [3.8, 4) is 11.3 Å². The van der Waals surface area contributed by atoms with E-state index in [4.69, 9.17) is 4.98 Å². The fourth-order valence-electron chi connectivity index (χ4n) is 3.14. The zero-order chi connectivity index (χ0) is 18.2. The molecule has 0 bridgehead atoms. The van der Waals surface area contributed by atoms with Crippen LogP contribution in [-0.4, -0.2) is 25.0 Å². The molecule has 0 fully saturated rings. The summed E-state index contributed by atoms with van der Waals surface area (Å²) in [6.45, 7) is 0.557. The average Bonchev–Trinajstić information content (AvgIpc) is 3.10. The molecule has 0 aliphatic carbocycles. The van der Waals surface area contributed by atoms with Crippen LogP contribution in [0.3, 0.4) is 0 Å². The Labute approximate surface area is 154 Å². The second-order valence-corrected chi connectivity index (χ2v) is 6.32. The van der Waals surface area contributed by atoms with Crippen LogP contribution in [0.2, 0.25) is 0 Å². The SMILES string of the molecule is Fc1ccc(-c2ccc3nnn(Cc4ccc5ncccc5c4)c3n2)cc1. The van der Waals surface area contributed by atoms with Gasteiger partial charge in [-0.1, -0.05) is 17.3 Å². The maximum atomic E-state index is 13.2. The van der Waals surface area contributed by atoms with Gasteiger partial charge >= 0.3 is 0 Å². The third kappa shape index (κ3) is 2.91. The number of halogens is 1. The zero-order valence-electron chi connectivity index (χ0n) is 14.2. The standard InChI is InChI=1S/C21H14FN5/c22-17-6-4-15(5-7-17)19-9-10-20-21(24-19)27(26-25-20)13-14-3-8-18-16(12-14)2-1-11-23-18/h1-12H,13H2. The third-order valence-electron chi connectivity index (χ3n) is 4.50. The first-order valence-electron chi connectivity index (χ1n) is 8.56. The minimum absolute atomic E-state index is 0.266. The lowest BCUT2D eigenvalue weighted by Gasteiger charge is -2.05. The molecule has 0 saturated heterocycles. The molecule has 0 aliphatic heterocycles. The van der Waals surface area contributed by atoms with Gasteiger partial charge in [0, 0.05) is 17.1 Å². The summed E-state index contributed by atoms with van der Waals surface area (Å²) in [6.07, 6.45) is 1.79. The van der Waals surface area contributed by atoms with E-state index in [0.717, 1.165) is 33.2 Å². The smallest absolute Gasteiger partial charge is 0.179 e. The molecule has 27 heavy (non-hydrogen) atoms. The summed E-state index contributed by atoms with van der Waals surface area (Å²) in [5.41, 5.74) is 5.08. The van der Waals surface area contributed by atoms with Crippen molar-refractivity contribution in [1.82, 2.24) is 25.0 Å². The van der Waals surface area contributed by atoms with Gasteiger partial charge in [-0.15, -0.1) is 5.10 Å². The molecule has 0 N–H and O–H groups in total. The van der Waals surface area contributed by atoms with Crippen LogP contribution >= 0.6 is 0 Å². The normalized spacial score (nSPS) is 11.3. The highest BCUT2D eigenvalue weighted by Gasteiger charge is 2.10. The molecule has 0 atom stereocenters. The van der Waals surface area contributed by atoms with Gasteiger partial charge in [-0.3, -0.25) is 4.98 Å². The van der Waals surface area contributed by atoms with Crippen molar-refractivity contribution in [3.63, 3.8) is 0 Å². The van der Waals surface area contributed by atoms with Gasteiger partial charge in [-0.2, -0.15) is 0 Å². The molecule has 130 valence electrons. The highest BCUT2D eigenvalue weighted by Crippen LogP contribution is 2.21. The van der Waals surface area contributed by atoms with Crippen LogP contribution in [-0.2, 0) is 6.54 Å². The number of fused-ring (bicyclic) bond motifs is 2. The van der Waals surface area contributed by atoms with E-state index < -0.39 is 0 Å². The number of hydrogen-bond donors (Lipinski definition) is 0. The molecule has 3 heterocycles. The quantitative estimate of drug-likeness (QED) is 0.486. The topological polar surface area (TPSA) is 56.5 Å². The van der Waals surface area contributed by atoms with E-state index in [1.807, 2.05) is 36.4 Å². The highest BCUT2D eigenvalue weighted by molar-refractivity contribution is 5.79. The Bertz CT molecular complexity index is 1260. The molecule has 5 rings (SSSR count). The number of hydrogen-bond acceptors (Lipinski definition) is 4. The van der Waals surface area contributed by atoms with Gasteiger partial charge < -0.3 is 0 Å². The van der Waals surface area contributed by atoms with Crippen LogP contribution in [0.15, 0.2) is 72.9 Å². The van der Waals surface area contributed by atoms with Gasteiger partial charge in [-0.25, -0.2) is 14.1 Å². The lowest BCUT2D eigenvalue weighted by molar-refractivity contribution is 0.628. The van der Waals surface area contributed by atoms with E-state index in [1.54, 1.807) is 23.0 Å². The summed E-state index contributed by atoms with van der Waals surface area (Å²) in [5, 5.41) is 9.54. The average molecular weight is 355 g/mol. The predicted octanol–water partition coefficient (Wildman–Crippen LogP) is 4.23. The van der Waals surface area contributed by atoms with E-state index in [9.17, 15) is 4.39 Å². The Kier molecular flexibility index (Phi) is 3.60. The van der Waals surface area contributed by atoms with Gasteiger partial charge in [0.2, 0.25) is 0 Å². The summed E-state index contributed by atoms with van der Waals surface area (Å²) in [4.78, 5) is 9.04. The summed E-state index contributed by atoms with van der Waals surface area (Å²) in [5.74, 6) is -0.266. The molecule has 0 unspecified atom stereocenters. The molecular formula is C21H14FN5. The Balaban J connectivity index is 1.54. The molecule has 6 heteroatoms. The van der Waals surface area contributed by atoms with Crippen LogP contribution in [0, 0.1) is 5.82 Å². The minimum atomic E-state index is -0.266. The van der Waals surface area contributed by atoms with Gasteiger partial charge in [0.05, 0.1) is 17.8 Å². The molecular weight excluding hydrogens is 341 g/mol. The maximum Gasteiger partial charge on any atom is 0.179 e. The predicted molar refractivity (Wildman–Crippen MR) is 102 cm³/mol. The lowest BCUT2D eigenvalue weighted by Crippen LogP contribution is -2.03. The molecule has 0 radical (unpaired) electrons. The number of rotatable bonds is 3. The van der Waals surface area contributed by atoms with E-state index >= 15 is 0 Å².